The number of nitrogens with zero attached hydrogens (tertiary/aromatic N) is 2. The zero-order valence-electron chi connectivity index (χ0n) is 16.3. The van der Waals surface area contributed by atoms with Gasteiger partial charge in [-0.1, -0.05) is 6.42 Å². The quantitative estimate of drug-likeness (QED) is 0.742. The molecule has 3 aliphatic rings. The molecule has 1 saturated carbocycles. The Hall–Kier alpha value is -1.00. The summed E-state index contributed by atoms with van der Waals surface area (Å²) in [6.07, 6.45) is 4.07. The summed E-state index contributed by atoms with van der Waals surface area (Å²) in [7, 11) is -1.26. The standard InChI is InChI=1S/C19H29N3O4S2/c1-26-19(17-7-6-16(27-17)18(20)23)14-4-2-5-15(19)13-21(12-14)9-10-22-8-3-11-28(22,24)25/h6-7,14-15H,2-5,8-13H2,1H3,(H2,20,23). The van der Waals surface area contributed by atoms with Crippen molar-refractivity contribution in [1.29, 1.82) is 0 Å². The number of thiophene rings is 1. The summed E-state index contributed by atoms with van der Waals surface area (Å²) in [5.41, 5.74) is 5.10. The molecule has 9 heteroatoms. The highest BCUT2D eigenvalue weighted by molar-refractivity contribution is 7.89. The molecule has 0 spiro atoms. The molecule has 2 atom stereocenters. The summed E-state index contributed by atoms with van der Waals surface area (Å²) in [5.74, 6) is 0.557. The molecule has 2 bridgehead atoms. The van der Waals surface area contributed by atoms with Gasteiger partial charge in [0.15, 0.2) is 0 Å². The van der Waals surface area contributed by atoms with E-state index >= 15 is 0 Å². The van der Waals surface area contributed by atoms with Gasteiger partial charge in [0.1, 0.15) is 5.60 Å². The maximum Gasteiger partial charge on any atom is 0.258 e. The molecule has 7 nitrogen and oxygen atoms in total. The fraction of sp³-hybridized carbons (Fsp3) is 0.737. The van der Waals surface area contributed by atoms with Crippen molar-refractivity contribution in [2.24, 2.45) is 17.6 Å². The minimum absolute atomic E-state index is 0.283. The molecule has 0 radical (unpaired) electrons. The highest BCUT2D eigenvalue weighted by atomic mass is 32.2. The van der Waals surface area contributed by atoms with Crippen LogP contribution >= 0.6 is 11.3 Å². The fourth-order valence-corrected chi connectivity index (χ4v) is 8.12. The average molecular weight is 428 g/mol. The first-order chi connectivity index (χ1) is 13.4. The zero-order chi connectivity index (χ0) is 19.9. The van der Waals surface area contributed by atoms with Crippen molar-refractivity contribution in [2.45, 2.75) is 31.3 Å². The third kappa shape index (κ3) is 3.41. The number of carbonyl (C=O) groups is 1. The molecule has 3 fully saturated rings. The minimum atomic E-state index is -3.04. The van der Waals surface area contributed by atoms with Gasteiger partial charge in [0, 0.05) is 56.5 Å². The summed E-state index contributed by atoms with van der Waals surface area (Å²) in [6.45, 7) is 3.77. The monoisotopic (exact) mass is 427 g/mol. The second kappa shape index (κ2) is 7.68. The molecule has 1 aromatic heterocycles. The number of nitrogens with two attached hydrogens (primary N) is 1. The van der Waals surface area contributed by atoms with Gasteiger partial charge in [0.05, 0.1) is 10.6 Å². The molecule has 0 aromatic carbocycles. The van der Waals surface area contributed by atoms with E-state index in [-0.39, 0.29) is 11.4 Å². The zero-order valence-corrected chi connectivity index (χ0v) is 17.9. The molecule has 2 unspecified atom stereocenters. The van der Waals surface area contributed by atoms with Crippen molar-refractivity contribution >= 4 is 27.3 Å². The Morgan fingerprint density at radius 3 is 2.50 bits per heavy atom. The highest BCUT2D eigenvalue weighted by Gasteiger charge is 2.54. The smallest absolute Gasteiger partial charge is 0.258 e. The van der Waals surface area contributed by atoms with E-state index in [2.05, 4.69) is 4.90 Å². The van der Waals surface area contributed by atoms with Crippen molar-refractivity contribution in [2.75, 3.05) is 45.6 Å². The van der Waals surface area contributed by atoms with Crippen molar-refractivity contribution in [3.8, 4) is 0 Å². The molecule has 156 valence electrons. The number of primary amides is 1. The van der Waals surface area contributed by atoms with Gasteiger partial charge in [-0.25, -0.2) is 12.7 Å². The Morgan fingerprint density at radius 1 is 1.25 bits per heavy atom. The van der Waals surface area contributed by atoms with Crippen LogP contribution in [0.2, 0.25) is 0 Å². The normalized spacial score (nSPS) is 33.2. The lowest BCUT2D eigenvalue weighted by Gasteiger charge is -2.55. The molecular formula is C19H29N3O4S2. The van der Waals surface area contributed by atoms with Gasteiger partial charge in [-0.2, -0.15) is 0 Å². The van der Waals surface area contributed by atoms with E-state index < -0.39 is 15.9 Å². The Labute approximate surface area is 170 Å². The second-order valence-corrected chi connectivity index (χ2v) is 11.4. The van der Waals surface area contributed by atoms with E-state index in [0.717, 1.165) is 43.8 Å². The molecule has 28 heavy (non-hydrogen) atoms. The van der Waals surface area contributed by atoms with Crippen LogP contribution in [-0.2, 0) is 20.4 Å². The largest absolute Gasteiger partial charge is 0.372 e. The minimum Gasteiger partial charge on any atom is -0.372 e. The van der Waals surface area contributed by atoms with E-state index in [4.69, 9.17) is 10.5 Å². The van der Waals surface area contributed by atoms with E-state index in [1.165, 1.54) is 17.8 Å². The van der Waals surface area contributed by atoms with Gasteiger partial charge < -0.3 is 15.4 Å². The Bertz CT molecular complexity index is 824. The molecular weight excluding hydrogens is 398 g/mol. The third-order valence-corrected chi connectivity index (χ3v) is 9.90. The number of fused-ring (bicyclic) bond motifs is 2. The Kier molecular flexibility index (Phi) is 5.56. The summed E-state index contributed by atoms with van der Waals surface area (Å²) in [5, 5.41) is 0. The van der Waals surface area contributed by atoms with Crippen LogP contribution in [0.5, 0.6) is 0 Å². The number of rotatable bonds is 6. The fourth-order valence-electron chi connectivity index (χ4n) is 5.42. The molecule has 1 aliphatic carbocycles. The van der Waals surface area contributed by atoms with Crippen molar-refractivity contribution < 1.29 is 17.9 Å². The van der Waals surface area contributed by atoms with Gasteiger partial charge in [0.2, 0.25) is 10.0 Å². The van der Waals surface area contributed by atoms with Crippen molar-refractivity contribution in [3.63, 3.8) is 0 Å². The van der Waals surface area contributed by atoms with Crippen LogP contribution in [0, 0.1) is 11.8 Å². The maximum absolute atomic E-state index is 12.1. The number of likely N-dealkylation sites (tertiary alicyclic amines) is 1. The van der Waals surface area contributed by atoms with Gasteiger partial charge in [-0.3, -0.25) is 4.79 Å². The number of carbonyl (C=O) groups excluding carboxylic acids is 1. The van der Waals surface area contributed by atoms with E-state index in [1.807, 2.05) is 12.1 Å². The molecule has 2 saturated heterocycles. The van der Waals surface area contributed by atoms with Crippen LogP contribution in [0.15, 0.2) is 12.1 Å². The summed E-state index contributed by atoms with van der Waals surface area (Å²) >= 11 is 1.46. The summed E-state index contributed by atoms with van der Waals surface area (Å²) < 4.78 is 32.0. The Morgan fingerprint density at radius 2 is 1.96 bits per heavy atom. The van der Waals surface area contributed by atoms with Crippen LogP contribution in [0.25, 0.3) is 0 Å². The second-order valence-electron chi connectivity index (χ2n) is 8.18. The maximum atomic E-state index is 12.1. The van der Waals surface area contributed by atoms with Crippen LogP contribution in [0.1, 0.15) is 40.2 Å². The number of hydrogen-bond acceptors (Lipinski definition) is 6. The lowest BCUT2D eigenvalue weighted by atomic mass is 9.64. The van der Waals surface area contributed by atoms with Gasteiger partial charge in [0.25, 0.3) is 5.91 Å². The van der Waals surface area contributed by atoms with Gasteiger partial charge >= 0.3 is 0 Å². The average Bonchev–Trinajstić information content (AvgIpc) is 3.26. The summed E-state index contributed by atoms with van der Waals surface area (Å²) in [6, 6.07) is 3.81. The number of amides is 1. The van der Waals surface area contributed by atoms with Gasteiger partial charge in [-0.15, -0.1) is 11.3 Å². The molecule has 4 rings (SSSR count). The number of sulfonamides is 1. The number of ether oxygens (including phenoxy) is 1. The van der Waals surface area contributed by atoms with E-state index in [9.17, 15) is 13.2 Å². The summed E-state index contributed by atoms with van der Waals surface area (Å²) in [4.78, 5) is 15.7. The van der Waals surface area contributed by atoms with E-state index in [1.54, 1.807) is 11.4 Å². The first kappa shape index (κ1) is 20.3. The number of piperidine rings is 1. The first-order valence-corrected chi connectivity index (χ1v) is 12.4. The third-order valence-electron chi connectivity index (χ3n) is 6.72. The van der Waals surface area contributed by atoms with Crippen LogP contribution in [0.3, 0.4) is 0 Å². The highest BCUT2D eigenvalue weighted by Crippen LogP contribution is 2.53. The molecule has 1 amide bonds. The van der Waals surface area contributed by atoms with Crippen molar-refractivity contribution in [1.82, 2.24) is 9.21 Å². The molecule has 3 heterocycles. The lowest BCUT2D eigenvalue weighted by molar-refractivity contribution is -0.166. The van der Waals surface area contributed by atoms with Crippen LogP contribution in [-0.4, -0.2) is 69.1 Å². The topological polar surface area (TPSA) is 92.9 Å². The first-order valence-electron chi connectivity index (χ1n) is 10.0. The molecule has 2 N–H and O–H groups in total. The predicted octanol–water partition coefficient (Wildman–Crippen LogP) is 1.46. The lowest BCUT2D eigenvalue weighted by Crippen LogP contribution is -2.59. The van der Waals surface area contributed by atoms with Crippen molar-refractivity contribution in [3.05, 3.63) is 21.9 Å². The van der Waals surface area contributed by atoms with Crippen LogP contribution < -0.4 is 5.73 Å². The molecule has 1 aromatic rings. The SMILES string of the molecule is COC1(c2ccc(C(N)=O)s2)C2CCCC1CN(CCN1CCCS1(=O)=O)C2. The molecule has 2 aliphatic heterocycles. The number of methoxy groups -OCH3 is 1. The Balaban J connectivity index is 1.51. The van der Waals surface area contributed by atoms with Gasteiger partial charge in [-0.05, 0) is 31.4 Å². The number of hydrogen-bond donors (Lipinski definition) is 1. The predicted molar refractivity (Wildman–Crippen MR) is 109 cm³/mol. The van der Waals surface area contributed by atoms with Crippen LogP contribution in [0.4, 0.5) is 0 Å². The van der Waals surface area contributed by atoms with E-state index in [0.29, 0.717) is 29.8 Å².